The third kappa shape index (κ3) is 3.03. The van der Waals surface area contributed by atoms with Gasteiger partial charge in [-0.05, 0) is 24.3 Å². The van der Waals surface area contributed by atoms with Crippen LogP contribution in [0.15, 0.2) is 42.5 Å². The molecule has 0 radical (unpaired) electrons. The van der Waals surface area contributed by atoms with Crippen molar-refractivity contribution in [2.45, 2.75) is 6.61 Å². The number of nitrogens with one attached hydrogen (secondary N) is 1. The Hall–Kier alpha value is -2.51. The van der Waals surface area contributed by atoms with Crippen molar-refractivity contribution < 1.29 is 4.74 Å². The number of ether oxygens (including phenoxy) is 1. The molecule has 0 aliphatic carbocycles. The van der Waals surface area contributed by atoms with Crippen molar-refractivity contribution in [3.8, 4) is 6.07 Å². The van der Waals surface area contributed by atoms with E-state index >= 15 is 0 Å². The number of nitrogens with two attached hydrogens (primary N) is 1. The van der Waals surface area contributed by atoms with E-state index in [1.807, 2.05) is 24.3 Å². The molecule has 0 heterocycles. The summed E-state index contributed by atoms with van der Waals surface area (Å²) in [5.74, 6) is 0. The first-order chi connectivity index (χ1) is 9.24. The van der Waals surface area contributed by atoms with Crippen molar-refractivity contribution >= 4 is 17.1 Å². The van der Waals surface area contributed by atoms with Crippen molar-refractivity contribution in [1.29, 1.82) is 5.26 Å². The number of nitriles is 1. The normalized spacial score (nSPS) is 9.89. The SMILES string of the molecule is COCc1ccccc1Nc1cc(C#N)ccc1N. The van der Waals surface area contributed by atoms with Crippen LogP contribution >= 0.6 is 0 Å². The molecule has 0 aromatic heterocycles. The predicted octanol–water partition coefficient (Wildman–Crippen LogP) is 3.03. The number of nitrogen functional groups attached to an aromatic ring is 1. The number of rotatable bonds is 4. The minimum absolute atomic E-state index is 0.515. The standard InChI is InChI=1S/C15H15N3O/c1-19-10-12-4-2-3-5-14(12)18-15-8-11(9-16)6-7-13(15)17/h2-8,18H,10,17H2,1H3. The van der Waals surface area contributed by atoms with Crippen LogP contribution in [0.3, 0.4) is 0 Å². The average molecular weight is 253 g/mol. The summed E-state index contributed by atoms with van der Waals surface area (Å²) in [6.45, 7) is 0.515. The fourth-order valence-corrected chi connectivity index (χ4v) is 1.80. The summed E-state index contributed by atoms with van der Waals surface area (Å²) in [6, 6.07) is 15.1. The summed E-state index contributed by atoms with van der Waals surface area (Å²) in [5, 5.41) is 12.2. The van der Waals surface area contributed by atoms with E-state index < -0.39 is 0 Å². The van der Waals surface area contributed by atoms with Crippen LogP contribution in [0, 0.1) is 11.3 Å². The predicted molar refractivity (Wildman–Crippen MR) is 76.0 cm³/mol. The summed E-state index contributed by atoms with van der Waals surface area (Å²) < 4.78 is 5.16. The lowest BCUT2D eigenvalue weighted by molar-refractivity contribution is 0.185. The maximum absolute atomic E-state index is 8.92. The van der Waals surface area contributed by atoms with Crippen LogP contribution in [0.5, 0.6) is 0 Å². The number of hydrogen-bond donors (Lipinski definition) is 2. The average Bonchev–Trinajstić information content (AvgIpc) is 2.43. The maximum atomic E-state index is 8.92. The second-order valence-corrected chi connectivity index (χ2v) is 4.13. The van der Waals surface area contributed by atoms with Gasteiger partial charge in [0.2, 0.25) is 0 Å². The second-order valence-electron chi connectivity index (χ2n) is 4.13. The van der Waals surface area contributed by atoms with Gasteiger partial charge in [0, 0.05) is 18.4 Å². The molecule has 4 nitrogen and oxygen atoms in total. The van der Waals surface area contributed by atoms with Gasteiger partial charge in [-0.3, -0.25) is 0 Å². The first-order valence-electron chi connectivity index (χ1n) is 5.88. The Labute approximate surface area is 112 Å². The highest BCUT2D eigenvalue weighted by molar-refractivity contribution is 5.75. The van der Waals surface area contributed by atoms with Crippen molar-refractivity contribution in [3.63, 3.8) is 0 Å². The Morgan fingerprint density at radius 2 is 2.00 bits per heavy atom. The van der Waals surface area contributed by atoms with Gasteiger partial charge < -0.3 is 15.8 Å². The zero-order chi connectivity index (χ0) is 13.7. The molecular weight excluding hydrogens is 238 g/mol. The minimum Gasteiger partial charge on any atom is -0.397 e. The van der Waals surface area contributed by atoms with Gasteiger partial charge in [-0.2, -0.15) is 5.26 Å². The summed E-state index contributed by atoms with van der Waals surface area (Å²) >= 11 is 0. The molecule has 0 saturated carbocycles. The molecule has 0 unspecified atom stereocenters. The summed E-state index contributed by atoms with van der Waals surface area (Å²) in [7, 11) is 1.65. The van der Waals surface area contributed by atoms with Crippen molar-refractivity contribution in [1.82, 2.24) is 0 Å². The molecule has 2 aromatic rings. The molecule has 2 rings (SSSR count). The fourth-order valence-electron chi connectivity index (χ4n) is 1.80. The van der Waals surface area contributed by atoms with E-state index in [1.54, 1.807) is 25.3 Å². The number of nitrogens with zero attached hydrogens (tertiary/aromatic N) is 1. The van der Waals surface area contributed by atoms with Gasteiger partial charge in [0.25, 0.3) is 0 Å². The van der Waals surface area contributed by atoms with Gasteiger partial charge in [0.15, 0.2) is 0 Å². The number of hydrogen-bond acceptors (Lipinski definition) is 4. The molecule has 0 atom stereocenters. The molecule has 19 heavy (non-hydrogen) atoms. The smallest absolute Gasteiger partial charge is 0.0992 e. The summed E-state index contributed by atoms with van der Waals surface area (Å²) in [6.07, 6.45) is 0. The van der Waals surface area contributed by atoms with Crippen LogP contribution in [0.25, 0.3) is 0 Å². The Bertz CT molecular complexity index is 617. The van der Waals surface area contributed by atoms with Gasteiger partial charge in [0.05, 0.1) is 29.6 Å². The van der Waals surface area contributed by atoms with E-state index in [0.717, 1.165) is 16.9 Å². The Balaban J connectivity index is 2.33. The van der Waals surface area contributed by atoms with Gasteiger partial charge in [0.1, 0.15) is 0 Å². The molecule has 2 aromatic carbocycles. The van der Waals surface area contributed by atoms with Gasteiger partial charge >= 0.3 is 0 Å². The lowest BCUT2D eigenvalue weighted by atomic mass is 10.1. The molecule has 3 N–H and O–H groups in total. The van der Waals surface area contributed by atoms with E-state index in [1.165, 1.54) is 0 Å². The quantitative estimate of drug-likeness (QED) is 0.821. The highest BCUT2D eigenvalue weighted by atomic mass is 16.5. The van der Waals surface area contributed by atoms with Gasteiger partial charge in [-0.25, -0.2) is 0 Å². The van der Waals surface area contributed by atoms with Crippen molar-refractivity contribution in [2.75, 3.05) is 18.2 Å². The maximum Gasteiger partial charge on any atom is 0.0992 e. The van der Waals surface area contributed by atoms with Gasteiger partial charge in [-0.1, -0.05) is 18.2 Å². The topological polar surface area (TPSA) is 71.1 Å². The molecule has 0 spiro atoms. The minimum atomic E-state index is 0.515. The zero-order valence-electron chi connectivity index (χ0n) is 10.7. The summed E-state index contributed by atoms with van der Waals surface area (Å²) in [5.41, 5.74) is 9.77. The Kier molecular flexibility index (Phi) is 4.01. The number of methoxy groups -OCH3 is 1. The van der Waals surface area contributed by atoms with Crippen LogP contribution in [-0.2, 0) is 11.3 Å². The molecule has 0 aliphatic rings. The first kappa shape index (κ1) is 12.9. The first-order valence-corrected chi connectivity index (χ1v) is 5.88. The number of anilines is 3. The van der Waals surface area contributed by atoms with Crippen molar-refractivity contribution in [2.24, 2.45) is 0 Å². The molecule has 4 heteroatoms. The van der Waals surface area contributed by atoms with E-state index in [-0.39, 0.29) is 0 Å². The number of benzene rings is 2. The Morgan fingerprint density at radius 3 is 2.74 bits per heavy atom. The fraction of sp³-hybridized carbons (Fsp3) is 0.133. The third-order valence-corrected chi connectivity index (χ3v) is 2.77. The molecule has 0 bridgehead atoms. The van der Waals surface area contributed by atoms with E-state index in [4.69, 9.17) is 15.7 Å². The van der Waals surface area contributed by atoms with Crippen LogP contribution in [0.1, 0.15) is 11.1 Å². The molecule has 0 aliphatic heterocycles. The molecule has 0 fully saturated rings. The molecule has 96 valence electrons. The molecule has 0 amide bonds. The number of para-hydroxylation sites is 1. The van der Waals surface area contributed by atoms with Crippen LogP contribution < -0.4 is 11.1 Å². The van der Waals surface area contributed by atoms with E-state index in [2.05, 4.69) is 11.4 Å². The second kappa shape index (κ2) is 5.89. The van der Waals surface area contributed by atoms with Crippen LogP contribution in [-0.4, -0.2) is 7.11 Å². The molecular formula is C15H15N3O. The monoisotopic (exact) mass is 253 g/mol. The van der Waals surface area contributed by atoms with E-state index in [9.17, 15) is 0 Å². The van der Waals surface area contributed by atoms with Crippen LogP contribution in [0.2, 0.25) is 0 Å². The van der Waals surface area contributed by atoms with Crippen molar-refractivity contribution in [3.05, 3.63) is 53.6 Å². The largest absolute Gasteiger partial charge is 0.397 e. The third-order valence-electron chi connectivity index (χ3n) is 2.77. The Morgan fingerprint density at radius 1 is 1.21 bits per heavy atom. The van der Waals surface area contributed by atoms with Gasteiger partial charge in [-0.15, -0.1) is 0 Å². The zero-order valence-corrected chi connectivity index (χ0v) is 10.7. The molecule has 0 saturated heterocycles. The highest BCUT2D eigenvalue weighted by Crippen LogP contribution is 2.26. The lowest BCUT2D eigenvalue weighted by Gasteiger charge is -2.13. The van der Waals surface area contributed by atoms with Crippen LogP contribution in [0.4, 0.5) is 17.1 Å². The highest BCUT2D eigenvalue weighted by Gasteiger charge is 2.05. The van der Waals surface area contributed by atoms with E-state index in [0.29, 0.717) is 17.9 Å². The lowest BCUT2D eigenvalue weighted by Crippen LogP contribution is -2.00. The summed E-state index contributed by atoms with van der Waals surface area (Å²) in [4.78, 5) is 0.